The Kier molecular flexibility index (Phi) is 4.67. The van der Waals surface area contributed by atoms with Crippen LogP contribution in [0, 0.1) is 0 Å². The maximum atomic E-state index is 11.0. The van der Waals surface area contributed by atoms with E-state index in [0.29, 0.717) is 16.5 Å². The molecule has 1 N–H and O–H groups in total. The Morgan fingerprint density at radius 3 is 2.71 bits per heavy atom. The molecule has 28 heavy (non-hydrogen) atoms. The molecule has 0 amide bonds. The van der Waals surface area contributed by atoms with Gasteiger partial charge in [-0.1, -0.05) is 24.3 Å². The van der Waals surface area contributed by atoms with Crippen LogP contribution in [-0.2, 0) is 0 Å². The lowest BCUT2D eigenvalue weighted by atomic mass is 10.1. The number of hydrogen-bond donors (Lipinski definition) is 1. The summed E-state index contributed by atoms with van der Waals surface area (Å²) < 4.78 is 6.91. The molecule has 1 unspecified atom stereocenters. The van der Waals surface area contributed by atoms with E-state index in [0.717, 1.165) is 37.6 Å². The van der Waals surface area contributed by atoms with Crippen LogP contribution in [0.5, 0.6) is 5.88 Å². The molecule has 1 aliphatic heterocycles. The van der Waals surface area contributed by atoms with Gasteiger partial charge in [-0.3, -0.25) is 4.90 Å². The van der Waals surface area contributed by atoms with E-state index in [1.54, 1.807) is 23.7 Å². The lowest BCUT2D eigenvalue weighted by Crippen LogP contribution is -2.47. The van der Waals surface area contributed by atoms with Gasteiger partial charge in [-0.2, -0.15) is 9.50 Å². The predicted molar refractivity (Wildman–Crippen MR) is 110 cm³/mol. The van der Waals surface area contributed by atoms with Gasteiger partial charge in [-0.15, -0.1) is 16.4 Å². The number of piperazine rings is 1. The quantitative estimate of drug-likeness (QED) is 0.538. The number of thiazole rings is 1. The fourth-order valence-electron chi connectivity index (χ4n) is 3.70. The van der Waals surface area contributed by atoms with Crippen LogP contribution in [0.4, 0.5) is 0 Å². The number of fused-ring (bicyclic) bond motifs is 1. The van der Waals surface area contributed by atoms with Gasteiger partial charge in [0, 0.05) is 31.1 Å². The highest BCUT2D eigenvalue weighted by Crippen LogP contribution is 2.42. The highest BCUT2D eigenvalue weighted by atomic mass is 32.1. The third-order valence-electron chi connectivity index (χ3n) is 5.22. The Balaban J connectivity index is 1.53. The molecule has 146 valence electrons. The van der Waals surface area contributed by atoms with Crippen LogP contribution in [0.15, 0.2) is 40.3 Å². The minimum atomic E-state index is 0.0274. The topological polar surface area (TPSA) is 70.0 Å². The highest BCUT2D eigenvalue weighted by molar-refractivity contribution is 7.17. The van der Waals surface area contributed by atoms with Gasteiger partial charge in [0.2, 0.25) is 16.7 Å². The number of hydrogen-bond acceptors (Lipinski definition) is 8. The standard InChI is InChI=1S/C19H21N5O2S2/c1-2-22-7-9-23(10-8-22)15(14-6-4-12-27-14)16-18(25)24-19(28-16)20-17(21-24)13-5-3-11-26-13/h3-6,11-12,15,25H,2,7-10H2,1H3. The molecule has 1 atom stereocenters. The molecule has 0 spiro atoms. The highest BCUT2D eigenvalue weighted by Gasteiger charge is 2.32. The van der Waals surface area contributed by atoms with E-state index in [-0.39, 0.29) is 11.9 Å². The van der Waals surface area contributed by atoms with Gasteiger partial charge >= 0.3 is 0 Å². The Morgan fingerprint density at radius 2 is 2.07 bits per heavy atom. The van der Waals surface area contributed by atoms with Crippen molar-refractivity contribution in [2.24, 2.45) is 0 Å². The van der Waals surface area contributed by atoms with E-state index in [4.69, 9.17) is 4.42 Å². The first-order chi connectivity index (χ1) is 13.7. The van der Waals surface area contributed by atoms with Gasteiger partial charge in [0.15, 0.2) is 5.76 Å². The molecule has 0 saturated carbocycles. The number of rotatable bonds is 5. The summed E-state index contributed by atoms with van der Waals surface area (Å²) in [6, 6.07) is 7.86. The SMILES string of the molecule is CCN1CCN(C(c2cccs2)c2sc3nc(-c4ccco4)nn3c2O)CC1. The van der Waals surface area contributed by atoms with Gasteiger partial charge in [-0.05, 0) is 30.1 Å². The van der Waals surface area contributed by atoms with Crippen molar-refractivity contribution in [3.63, 3.8) is 0 Å². The van der Waals surface area contributed by atoms with E-state index < -0.39 is 0 Å². The molecule has 5 heterocycles. The van der Waals surface area contributed by atoms with Crippen LogP contribution in [0.25, 0.3) is 16.5 Å². The lowest BCUT2D eigenvalue weighted by Gasteiger charge is -2.38. The zero-order chi connectivity index (χ0) is 19.1. The molecule has 5 rings (SSSR count). The Labute approximate surface area is 170 Å². The molecular formula is C19H21N5O2S2. The molecule has 4 aromatic rings. The summed E-state index contributed by atoms with van der Waals surface area (Å²) in [5, 5.41) is 17.6. The zero-order valence-electron chi connectivity index (χ0n) is 15.5. The third kappa shape index (κ3) is 3.04. The van der Waals surface area contributed by atoms with Crippen molar-refractivity contribution in [1.82, 2.24) is 24.4 Å². The summed E-state index contributed by atoms with van der Waals surface area (Å²) in [7, 11) is 0. The number of nitrogens with zero attached hydrogens (tertiary/aromatic N) is 5. The van der Waals surface area contributed by atoms with Crippen LogP contribution in [0.3, 0.4) is 0 Å². The van der Waals surface area contributed by atoms with E-state index in [2.05, 4.69) is 44.3 Å². The second kappa shape index (κ2) is 7.32. The van der Waals surface area contributed by atoms with Gasteiger partial charge in [-0.25, -0.2) is 0 Å². The molecule has 4 aromatic heterocycles. The summed E-state index contributed by atoms with van der Waals surface area (Å²) >= 11 is 3.22. The molecule has 0 aliphatic carbocycles. The van der Waals surface area contributed by atoms with E-state index in [1.165, 1.54) is 20.7 Å². The summed E-state index contributed by atoms with van der Waals surface area (Å²) in [5.41, 5.74) is 0. The second-order valence-electron chi connectivity index (χ2n) is 6.79. The molecule has 0 bridgehead atoms. The first-order valence-electron chi connectivity index (χ1n) is 9.36. The van der Waals surface area contributed by atoms with Crippen LogP contribution < -0.4 is 0 Å². The largest absolute Gasteiger partial charge is 0.492 e. The van der Waals surface area contributed by atoms with Crippen molar-refractivity contribution in [3.8, 4) is 17.5 Å². The Bertz CT molecular complexity index is 1050. The van der Waals surface area contributed by atoms with Gasteiger partial charge < -0.3 is 14.4 Å². The zero-order valence-corrected chi connectivity index (χ0v) is 17.1. The molecule has 1 fully saturated rings. The average Bonchev–Trinajstić information content (AvgIpc) is 3.50. The monoisotopic (exact) mass is 415 g/mol. The molecule has 7 nitrogen and oxygen atoms in total. The fourth-order valence-corrected chi connectivity index (χ4v) is 5.75. The van der Waals surface area contributed by atoms with Gasteiger partial charge in [0.1, 0.15) is 0 Å². The van der Waals surface area contributed by atoms with Gasteiger partial charge in [0.25, 0.3) is 0 Å². The predicted octanol–water partition coefficient (Wildman–Crippen LogP) is 3.54. The molecular weight excluding hydrogens is 394 g/mol. The van der Waals surface area contributed by atoms with Crippen molar-refractivity contribution in [2.45, 2.75) is 13.0 Å². The molecule has 1 saturated heterocycles. The minimum absolute atomic E-state index is 0.0274. The third-order valence-corrected chi connectivity index (χ3v) is 7.22. The molecule has 1 aliphatic rings. The smallest absolute Gasteiger partial charge is 0.230 e. The summed E-state index contributed by atoms with van der Waals surface area (Å²) in [6.07, 6.45) is 1.60. The van der Waals surface area contributed by atoms with Crippen LogP contribution >= 0.6 is 22.7 Å². The molecule has 9 heteroatoms. The first kappa shape index (κ1) is 17.9. The minimum Gasteiger partial charge on any atom is -0.492 e. The van der Waals surface area contributed by atoms with Crippen molar-refractivity contribution in [1.29, 1.82) is 0 Å². The first-order valence-corrected chi connectivity index (χ1v) is 11.1. The second-order valence-corrected chi connectivity index (χ2v) is 8.77. The van der Waals surface area contributed by atoms with E-state index >= 15 is 0 Å². The summed E-state index contributed by atoms with van der Waals surface area (Å²) in [6.45, 7) is 7.32. The van der Waals surface area contributed by atoms with Crippen LogP contribution in [0.1, 0.15) is 22.7 Å². The van der Waals surface area contributed by atoms with Crippen molar-refractivity contribution in [3.05, 3.63) is 45.7 Å². The number of likely N-dealkylation sites (N-methyl/N-ethyl adjacent to an activating group) is 1. The number of aromatic hydroxyl groups is 1. The fraction of sp³-hybridized carbons (Fsp3) is 0.368. The molecule has 0 radical (unpaired) electrons. The van der Waals surface area contributed by atoms with E-state index in [9.17, 15) is 5.11 Å². The van der Waals surface area contributed by atoms with Crippen molar-refractivity contribution in [2.75, 3.05) is 32.7 Å². The van der Waals surface area contributed by atoms with Crippen molar-refractivity contribution < 1.29 is 9.52 Å². The van der Waals surface area contributed by atoms with E-state index in [1.807, 2.05) is 6.07 Å². The van der Waals surface area contributed by atoms with Crippen molar-refractivity contribution >= 4 is 27.6 Å². The van der Waals surface area contributed by atoms with Crippen LogP contribution in [-0.4, -0.2) is 62.2 Å². The normalized spacial score (nSPS) is 17.5. The Hall–Kier alpha value is -2.20. The lowest BCUT2D eigenvalue weighted by molar-refractivity contribution is 0.114. The maximum absolute atomic E-state index is 11.0. The molecule has 0 aromatic carbocycles. The number of thiophene rings is 1. The number of furan rings is 1. The maximum Gasteiger partial charge on any atom is 0.230 e. The summed E-state index contributed by atoms with van der Waals surface area (Å²) in [5.74, 6) is 1.26. The summed E-state index contributed by atoms with van der Waals surface area (Å²) in [4.78, 5) is 12.3. The average molecular weight is 416 g/mol. The number of aromatic nitrogens is 3. The Morgan fingerprint density at radius 1 is 1.21 bits per heavy atom. The van der Waals surface area contributed by atoms with Crippen LogP contribution in [0.2, 0.25) is 0 Å². The van der Waals surface area contributed by atoms with Gasteiger partial charge in [0.05, 0.1) is 17.2 Å².